The number of rotatable bonds is 7. The quantitative estimate of drug-likeness (QED) is 0.478. The molecule has 29 heavy (non-hydrogen) atoms. The molecule has 1 aliphatic rings. The minimum Gasteiger partial charge on any atom is -0.466 e. The lowest BCUT2D eigenvalue weighted by Gasteiger charge is -2.33. The Bertz CT molecular complexity index is 782. The van der Waals surface area contributed by atoms with Crippen molar-refractivity contribution in [2.75, 3.05) is 51.2 Å². The van der Waals surface area contributed by atoms with Crippen LogP contribution in [-0.2, 0) is 12.1 Å². The van der Waals surface area contributed by atoms with Crippen LogP contribution < -0.4 is 15.5 Å². The zero-order valence-corrected chi connectivity index (χ0v) is 17.6. The van der Waals surface area contributed by atoms with Gasteiger partial charge in [0.05, 0.1) is 19.4 Å². The summed E-state index contributed by atoms with van der Waals surface area (Å²) in [6.07, 6.45) is 3.41. The summed E-state index contributed by atoms with van der Waals surface area (Å²) in [5.41, 5.74) is -0.0192. The molecule has 1 aliphatic heterocycles. The predicted octanol–water partition coefficient (Wildman–Crippen LogP) is 1.39. The van der Waals surface area contributed by atoms with Crippen LogP contribution in [0.2, 0.25) is 0 Å². The zero-order valence-electron chi connectivity index (χ0n) is 17.6. The average Bonchev–Trinajstić information content (AvgIpc) is 3.27. The van der Waals surface area contributed by atoms with Crippen molar-refractivity contribution in [2.45, 2.75) is 26.0 Å². The van der Waals surface area contributed by atoms with E-state index in [1.54, 1.807) is 25.3 Å². The number of aromatic nitrogens is 1. The smallest absolute Gasteiger partial charge is 0.191 e. The van der Waals surface area contributed by atoms with Crippen molar-refractivity contribution >= 4 is 11.8 Å². The summed E-state index contributed by atoms with van der Waals surface area (Å²) in [5, 5.41) is 17.0. The van der Waals surface area contributed by atoms with Gasteiger partial charge in [-0.2, -0.15) is 0 Å². The first kappa shape index (κ1) is 21.1. The number of hydrogen-bond donors (Lipinski definition) is 3. The summed E-state index contributed by atoms with van der Waals surface area (Å²) in [6.45, 7) is 9.36. The second-order valence-electron chi connectivity index (χ2n) is 7.61. The Morgan fingerprint density at radius 1 is 1.28 bits per heavy atom. The number of hydrogen-bond acceptors (Lipinski definition) is 6. The zero-order chi connectivity index (χ0) is 20.7. The molecular weight excluding hydrogens is 368 g/mol. The van der Waals surface area contributed by atoms with E-state index in [4.69, 9.17) is 4.42 Å². The van der Waals surface area contributed by atoms with Crippen LogP contribution in [0.4, 0.5) is 5.82 Å². The molecule has 0 saturated carbocycles. The predicted molar refractivity (Wildman–Crippen MR) is 115 cm³/mol. The lowest BCUT2D eigenvalue weighted by Crippen LogP contribution is -2.44. The van der Waals surface area contributed by atoms with Gasteiger partial charge in [-0.1, -0.05) is 0 Å². The molecule has 0 bridgehead atoms. The van der Waals surface area contributed by atoms with Gasteiger partial charge in [-0.25, -0.2) is 9.98 Å². The van der Waals surface area contributed by atoms with Crippen molar-refractivity contribution in [3.05, 3.63) is 48.0 Å². The molecule has 1 saturated heterocycles. The van der Waals surface area contributed by atoms with Crippen LogP contribution in [0.25, 0.3) is 0 Å². The van der Waals surface area contributed by atoms with Crippen LogP contribution >= 0.6 is 0 Å². The Kier molecular flexibility index (Phi) is 7.11. The van der Waals surface area contributed by atoms with Gasteiger partial charge in [0.15, 0.2) is 5.96 Å². The summed E-state index contributed by atoms with van der Waals surface area (Å²) < 4.78 is 5.33. The van der Waals surface area contributed by atoms with Gasteiger partial charge in [0.2, 0.25) is 0 Å². The third-order valence-corrected chi connectivity index (χ3v) is 5.05. The first-order valence-electron chi connectivity index (χ1n) is 10.1. The van der Waals surface area contributed by atoms with Crippen molar-refractivity contribution in [2.24, 2.45) is 4.99 Å². The Balaban J connectivity index is 1.62. The van der Waals surface area contributed by atoms with Gasteiger partial charge >= 0.3 is 0 Å². The fraction of sp³-hybridized carbons (Fsp3) is 0.524. The number of aliphatic imine (C=N–C) groups is 1. The molecule has 0 amide bonds. The van der Waals surface area contributed by atoms with Crippen molar-refractivity contribution < 1.29 is 9.52 Å². The van der Waals surface area contributed by atoms with Gasteiger partial charge in [0.25, 0.3) is 0 Å². The Hall–Kier alpha value is -2.58. The highest BCUT2D eigenvalue weighted by atomic mass is 16.4. The van der Waals surface area contributed by atoms with Crippen molar-refractivity contribution in [3.8, 4) is 0 Å². The van der Waals surface area contributed by atoms with Crippen molar-refractivity contribution in [1.82, 2.24) is 20.5 Å². The Morgan fingerprint density at radius 2 is 2.07 bits per heavy atom. The van der Waals surface area contributed by atoms with E-state index in [2.05, 4.69) is 43.5 Å². The lowest BCUT2D eigenvalue weighted by atomic mass is 10.0. The third kappa shape index (κ3) is 5.95. The summed E-state index contributed by atoms with van der Waals surface area (Å²) >= 11 is 0. The summed E-state index contributed by atoms with van der Waals surface area (Å²) in [4.78, 5) is 13.8. The van der Waals surface area contributed by atoms with Gasteiger partial charge in [-0.15, -0.1) is 0 Å². The Morgan fingerprint density at radius 3 is 2.76 bits per heavy atom. The van der Waals surface area contributed by atoms with Crippen LogP contribution in [0.1, 0.15) is 25.2 Å². The summed E-state index contributed by atoms with van der Waals surface area (Å²) in [6, 6.07) is 7.64. The standard InChI is InChI=1S/C21H32N6O2/c1-4-22-20(25-16-21(2,28)18-6-5-13-29-18)24-15-17-7-8-23-19(14-17)27-11-9-26(3)10-12-27/h5-8,13-14,28H,4,9-12,15-16H2,1-3H3,(H2,22,24,25). The lowest BCUT2D eigenvalue weighted by molar-refractivity contribution is 0.0386. The number of guanidine groups is 1. The first-order chi connectivity index (χ1) is 14.0. The monoisotopic (exact) mass is 400 g/mol. The maximum Gasteiger partial charge on any atom is 0.191 e. The van der Waals surface area contributed by atoms with E-state index in [1.165, 1.54) is 0 Å². The molecule has 0 spiro atoms. The van der Waals surface area contributed by atoms with Gasteiger partial charge in [0, 0.05) is 38.9 Å². The molecule has 0 aromatic carbocycles. The third-order valence-electron chi connectivity index (χ3n) is 5.05. The molecule has 1 unspecified atom stereocenters. The van der Waals surface area contributed by atoms with Crippen LogP contribution in [-0.4, -0.2) is 67.3 Å². The normalized spacial score (nSPS) is 17.8. The minimum absolute atomic E-state index is 0.287. The van der Waals surface area contributed by atoms with Crippen LogP contribution in [0.15, 0.2) is 46.1 Å². The SMILES string of the molecule is CCNC(=NCc1ccnc(N2CCN(C)CC2)c1)NCC(C)(O)c1ccco1. The van der Waals surface area contributed by atoms with Gasteiger partial charge in [-0.05, 0) is 50.7 Å². The van der Waals surface area contributed by atoms with Crippen molar-refractivity contribution in [1.29, 1.82) is 0 Å². The molecule has 3 heterocycles. The second kappa shape index (κ2) is 9.76. The number of piperazine rings is 1. The maximum atomic E-state index is 10.6. The van der Waals surface area contributed by atoms with Gasteiger partial charge in [-0.3, -0.25) is 0 Å². The molecule has 2 aromatic rings. The molecule has 1 atom stereocenters. The Labute approximate surface area is 172 Å². The molecule has 0 radical (unpaired) electrons. The number of aliphatic hydroxyl groups is 1. The van der Waals surface area contributed by atoms with Crippen LogP contribution in [0.3, 0.4) is 0 Å². The fourth-order valence-corrected chi connectivity index (χ4v) is 3.21. The largest absolute Gasteiger partial charge is 0.466 e. The number of anilines is 1. The number of nitrogens with zero attached hydrogens (tertiary/aromatic N) is 4. The highest BCUT2D eigenvalue weighted by Crippen LogP contribution is 2.20. The number of pyridine rings is 1. The van der Waals surface area contributed by atoms with E-state index in [-0.39, 0.29) is 6.54 Å². The topological polar surface area (TPSA) is 89.2 Å². The van der Waals surface area contributed by atoms with E-state index < -0.39 is 5.60 Å². The molecule has 3 rings (SSSR count). The van der Waals surface area contributed by atoms with Crippen LogP contribution in [0, 0.1) is 0 Å². The van der Waals surface area contributed by atoms with E-state index in [1.807, 2.05) is 19.2 Å². The summed E-state index contributed by atoms with van der Waals surface area (Å²) in [5.74, 6) is 2.17. The van der Waals surface area contributed by atoms with Crippen molar-refractivity contribution in [3.63, 3.8) is 0 Å². The molecular formula is C21H32N6O2. The number of furan rings is 1. The highest BCUT2D eigenvalue weighted by Gasteiger charge is 2.26. The van der Waals surface area contributed by atoms with Gasteiger partial charge in [0.1, 0.15) is 17.2 Å². The first-order valence-corrected chi connectivity index (χ1v) is 10.1. The molecule has 8 heteroatoms. The molecule has 0 aliphatic carbocycles. The number of nitrogens with one attached hydrogen (secondary N) is 2. The van der Waals surface area contributed by atoms with E-state index >= 15 is 0 Å². The molecule has 1 fully saturated rings. The molecule has 8 nitrogen and oxygen atoms in total. The van der Waals surface area contributed by atoms with E-state index in [9.17, 15) is 5.11 Å². The van der Waals surface area contributed by atoms with E-state index in [0.717, 1.165) is 44.1 Å². The second-order valence-corrected chi connectivity index (χ2v) is 7.61. The van der Waals surface area contributed by atoms with Crippen LogP contribution in [0.5, 0.6) is 0 Å². The highest BCUT2D eigenvalue weighted by molar-refractivity contribution is 5.79. The molecule has 3 N–H and O–H groups in total. The fourth-order valence-electron chi connectivity index (χ4n) is 3.21. The van der Waals surface area contributed by atoms with E-state index in [0.29, 0.717) is 18.3 Å². The molecule has 158 valence electrons. The van der Waals surface area contributed by atoms with Gasteiger partial charge < -0.3 is 30.0 Å². The molecule has 2 aromatic heterocycles. The minimum atomic E-state index is -1.12. The maximum absolute atomic E-state index is 10.6. The average molecular weight is 401 g/mol. The number of likely N-dealkylation sites (N-methyl/N-ethyl adjacent to an activating group) is 1. The summed E-state index contributed by atoms with van der Waals surface area (Å²) in [7, 11) is 2.15.